The van der Waals surface area contributed by atoms with Crippen molar-refractivity contribution in [3.63, 3.8) is 0 Å². The summed E-state index contributed by atoms with van der Waals surface area (Å²) in [5, 5.41) is 4.37. The fraction of sp³-hybridized carbons (Fsp3) is 0.524. The highest BCUT2D eigenvalue weighted by molar-refractivity contribution is 7.80. The van der Waals surface area contributed by atoms with E-state index in [-0.39, 0.29) is 12.1 Å². The quantitative estimate of drug-likeness (QED) is 0.722. The predicted octanol–water partition coefficient (Wildman–Crippen LogP) is 2.60. The molecule has 150 valence electrons. The molecule has 2 aromatic heterocycles. The fourth-order valence-electron chi connectivity index (χ4n) is 4.24. The third-order valence-corrected chi connectivity index (χ3v) is 6.04. The van der Waals surface area contributed by atoms with Crippen LogP contribution in [0.3, 0.4) is 0 Å². The summed E-state index contributed by atoms with van der Waals surface area (Å²) in [6.45, 7) is 8.90. The molecule has 2 aromatic rings. The summed E-state index contributed by atoms with van der Waals surface area (Å²) in [5.74, 6) is 0. The first-order valence-corrected chi connectivity index (χ1v) is 10.6. The van der Waals surface area contributed by atoms with Crippen LogP contribution in [-0.2, 0) is 11.3 Å². The molecule has 0 radical (unpaired) electrons. The highest BCUT2D eigenvalue weighted by Crippen LogP contribution is 2.38. The molecule has 0 aromatic carbocycles. The number of aromatic nitrogens is 2. The summed E-state index contributed by atoms with van der Waals surface area (Å²) in [6, 6.07) is 10.7. The topological polar surface area (TPSA) is 45.6 Å². The van der Waals surface area contributed by atoms with Gasteiger partial charge in [-0.15, -0.1) is 0 Å². The van der Waals surface area contributed by atoms with Gasteiger partial charge in [-0.25, -0.2) is 0 Å². The van der Waals surface area contributed by atoms with E-state index >= 15 is 0 Å². The molecular formula is C21H29N5OS. The second kappa shape index (κ2) is 9.03. The van der Waals surface area contributed by atoms with E-state index < -0.39 is 0 Å². The Labute approximate surface area is 172 Å². The van der Waals surface area contributed by atoms with Gasteiger partial charge < -0.3 is 19.5 Å². The molecular weight excluding hydrogens is 370 g/mol. The predicted molar refractivity (Wildman–Crippen MR) is 114 cm³/mol. The Kier molecular flexibility index (Phi) is 6.24. The van der Waals surface area contributed by atoms with Crippen molar-refractivity contribution in [1.82, 2.24) is 24.7 Å². The van der Waals surface area contributed by atoms with Gasteiger partial charge in [-0.1, -0.05) is 6.07 Å². The van der Waals surface area contributed by atoms with Crippen LogP contribution in [0.4, 0.5) is 0 Å². The van der Waals surface area contributed by atoms with Crippen molar-refractivity contribution in [3.05, 3.63) is 54.1 Å². The third-order valence-electron chi connectivity index (χ3n) is 5.68. The van der Waals surface area contributed by atoms with E-state index in [2.05, 4.69) is 56.0 Å². The molecule has 7 heteroatoms. The van der Waals surface area contributed by atoms with Crippen molar-refractivity contribution < 1.29 is 4.74 Å². The van der Waals surface area contributed by atoms with Gasteiger partial charge in [0.2, 0.25) is 0 Å². The van der Waals surface area contributed by atoms with Gasteiger partial charge in [-0.05, 0) is 49.8 Å². The minimum Gasteiger partial charge on any atom is -0.379 e. The number of rotatable bonds is 7. The molecule has 0 bridgehead atoms. The Balaban J connectivity index is 1.53. The Bertz CT molecular complexity index is 774. The van der Waals surface area contributed by atoms with Crippen LogP contribution >= 0.6 is 12.2 Å². The molecule has 28 heavy (non-hydrogen) atoms. The highest BCUT2D eigenvalue weighted by atomic mass is 32.1. The van der Waals surface area contributed by atoms with Crippen LogP contribution in [0.15, 0.2) is 42.7 Å². The van der Waals surface area contributed by atoms with Crippen LogP contribution in [0.5, 0.6) is 0 Å². The summed E-state index contributed by atoms with van der Waals surface area (Å²) >= 11 is 5.76. The van der Waals surface area contributed by atoms with Crippen molar-refractivity contribution in [2.24, 2.45) is 0 Å². The molecule has 2 saturated heterocycles. The lowest BCUT2D eigenvalue weighted by Crippen LogP contribution is -2.39. The molecule has 2 aliphatic heterocycles. The van der Waals surface area contributed by atoms with Crippen molar-refractivity contribution >= 4 is 17.3 Å². The van der Waals surface area contributed by atoms with E-state index in [9.17, 15) is 0 Å². The number of nitrogens with zero attached hydrogens (tertiary/aromatic N) is 4. The summed E-state index contributed by atoms with van der Waals surface area (Å²) in [7, 11) is 0. The normalized spacial score (nSPS) is 23.2. The monoisotopic (exact) mass is 399 g/mol. The standard InChI is InChI=1S/C21H29N5OS/c1-2-25-11-5-8-18(25)20-19(17-7-3-4-9-22-17)23-21(28)26(20)12-6-10-24-13-15-27-16-14-24/h3-5,7-9,11,19-20H,2,6,10,12-16H2,1H3,(H,23,28). The van der Waals surface area contributed by atoms with E-state index in [1.807, 2.05) is 18.3 Å². The summed E-state index contributed by atoms with van der Waals surface area (Å²) in [6.07, 6.45) is 5.09. The zero-order chi connectivity index (χ0) is 19.3. The van der Waals surface area contributed by atoms with E-state index in [0.717, 1.165) is 63.2 Å². The van der Waals surface area contributed by atoms with E-state index in [4.69, 9.17) is 17.0 Å². The van der Waals surface area contributed by atoms with E-state index in [0.29, 0.717) is 0 Å². The first-order chi connectivity index (χ1) is 13.8. The Morgan fingerprint density at radius 3 is 2.79 bits per heavy atom. The smallest absolute Gasteiger partial charge is 0.170 e. The van der Waals surface area contributed by atoms with Gasteiger partial charge in [0.1, 0.15) is 0 Å². The Hall–Kier alpha value is -1.96. The lowest BCUT2D eigenvalue weighted by molar-refractivity contribution is 0.0365. The van der Waals surface area contributed by atoms with Crippen molar-refractivity contribution in [2.45, 2.75) is 32.0 Å². The number of aryl methyl sites for hydroxylation is 1. The van der Waals surface area contributed by atoms with Gasteiger partial charge in [0.05, 0.1) is 31.0 Å². The molecule has 2 atom stereocenters. The molecule has 6 nitrogen and oxygen atoms in total. The second-order valence-corrected chi connectivity index (χ2v) is 7.73. The van der Waals surface area contributed by atoms with Crippen LogP contribution < -0.4 is 5.32 Å². The van der Waals surface area contributed by atoms with Crippen molar-refractivity contribution in [3.8, 4) is 0 Å². The van der Waals surface area contributed by atoms with E-state index in [1.54, 1.807) is 0 Å². The van der Waals surface area contributed by atoms with Gasteiger partial charge in [0, 0.05) is 50.8 Å². The Morgan fingerprint density at radius 1 is 1.18 bits per heavy atom. The average molecular weight is 400 g/mol. The SMILES string of the molecule is CCn1cccc1C1C(c2ccccn2)NC(=S)N1CCCN1CCOCC1. The number of hydrogen-bond acceptors (Lipinski definition) is 4. The molecule has 2 unspecified atom stereocenters. The lowest BCUT2D eigenvalue weighted by Gasteiger charge is -2.30. The highest BCUT2D eigenvalue weighted by Gasteiger charge is 2.40. The van der Waals surface area contributed by atoms with Gasteiger partial charge in [0.25, 0.3) is 0 Å². The zero-order valence-electron chi connectivity index (χ0n) is 16.5. The maximum absolute atomic E-state index is 5.76. The molecule has 4 rings (SSSR count). The molecule has 2 aliphatic rings. The maximum atomic E-state index is 5.76. The van der Waals surface area contributed by atoms with Gasteiger partial charge in [-0.3, -0.25) is 9.88 Å². The van der Waals surface area contributed by atoms with Crippen LogP contribution in [0.25, 0.3) is 0 Å². The van der Waals surface area contributed by atoms with Gasteiger partial charge >= 0.3 is 0 Å². The van der Waals surface area contributed by atoms with Crippen LogP contribution in [0, 0.1) is 0 Å². The number of nitrogens with one attached hydrogen (secondary N) is 1. The van der Waals surface area contributed by atoms with Crippen LogP contribution in [0.1, 0.15) is 36.8 Å². The summed E-state index contributed by atoms with van der Waals surface area (Å²) < 4.78 is 7.77. The van der Waals surface area contributed by atoms with Crippen LogP contribution in [0.2, 0.25) is 0 Å². The Morgan fingerprint density at radius 2 is 2.04 bits per heavy atom. The van der Waals surface area contributed by atoms with Gasteiger partial charge in [0.15, 0.2) is 5.11 Å². The summed E-state index contributed by atoms with van der Waals surface area (Å²) in [4.78, 5) is 9.46. The number of thiocarbonyl (C=S) groups is 1. The van der Waals surface area contributed by atoms with Gasteiger partial charge in [-0.2, -0.15) is 0 Å². The number of pyridine rings is 1. The molecule has 0 saturated carbocycles. The molecule has 0 amide bonds. The maximum Gasteiger partial charge on any atom is 0.170 e. The first kappa shape index (κ1) is 19.4. The fourth-order valence-corrected chi connectivity index (χ4v) is 4.57. The van der Waals surface area contributed by atoms with Crippen LogP contribution in [-0.4, -0.2) is 63.9 Å². The minimum absolute atomic E-state index is 0.0669. The third kappa shape index (κ3) is 4.06. The number of morpholine rings is 1. The molecule has 2 fully saturated rings. The second-order valence-electron chi connectivity index (χ2n) is 7.35. The van der Waals surface area contributed by atoms with E-state index in [1.165, 1.54) is 5.69 Å². The average Bonchev–Trinajstić information content (AvgIpc) is 3.33. The molecule has 1 N–H and O–H groups in total. The number of hydrogen-bond donors (Lipinski definition) is 1. The molecule has 4 heterocycles. The first-order valence-electron chi connectivity index (χ1n) is 10.2. The minimum atomic E-state index is 0.0669. The largest absolute Gasteiger partial charge is 0.379 e. The zero-order valence-corrected chi connectivity index (χ0v) is 17.3. The van der Waals surface area contributed by atoms with Crippen molar-refractivity contribution in [2.75, 3.05) is 39.4 Å². The van der Waals surface area contributed by atoms with Crippen molar-refractivity contribution in [1.29, 1.82) is 0 Å². The number of ether oxygens (including phenoxy) is 1. The lowest BCUT2D eigenvalue weighted by atomic mass is 10.0. The summed E-state index contributed by atoms with van der Waals surface area (Å²) in [5.41, 5.74) is 2.33. The molecule has 0 aliphatic carbocycles. The molecule has 0 spiro atoms.